The zero-order valence-corrected chi connectivity index (χ0v) is 11.1. The molecule has 21 heavy (non-hydrogen) atoms. The Balaban J connectivity index is 1.68. The van der Waals surface area contributed by atoms with Crippen LogP contribution < -0.4 is 14.8 Å². The van der Waals surface area contributed by atoms with Gasteiger partial charge in [0.2, 0.25) is 5.95 Å². The fraction of sp³-hybridized carbons (Fsp3) is 0.200. The van der Waals surface area contributed by atoms with Crippen molar-refractivity contribution >= 4 is 5.91 Å². The number of hydrogen-bond acceptors (Lipinski definition) is 4. The number of rotatable bonds is 3. The molecule has 0 bridgehead atoms. The molecule has 1 N–H and O–H groups in total. The number of nitrogens with one attached hydrogen (secondary N) is 1. The van der Waals surface area contributed by atoms with Crippen molar-refractivity contribution in [2.45, 2.75) is 6.54 Å². The number of benzene rings is 1. The highest BCUT2D eigenvalue weighted by Gasteiger charge is 2.14. The van der Waals surface area contributed by atoms with E-state index in [0.29, 0.717) is 24.7 Å². The minimum Gasteiger partial charge on any atom is -0.486 e. The first-order chi connectivity index (χ1) is 10.2. The van der Waals surface area contributed by atoms with Gasteiger partial charge in [0.15, 0.2) is 11.5 Å². The molecule has 1 aliphatic heterocycles. The molecule has 0 radical (unpaired) electrons. The summed E-state index contributed by atoms with van der Waals surface area (Å²) in [7, 11) is 0. The number of nitrogens with zero attached hydrogens (tertiary/aromatic N) is 1. The molecule has 5 nitrogen and oxygen atoms in total. The van der Waals surface area contributed by atoms with Crippen molar-refractivity contribution in [2.24, 2.45) is 0 Å². The van der Waals surface area contributed by atoms with E-state index in [1.165, 1.54) is 18.3 Å². The molecule has 2 heterocycles. The number of pyridine rings is 1. The molecule has 108 valence electrons. The molecule has 0 saturated carbocycles. The highest BCUT2D eigenvalue weighted by atomic mass is 19.1. The number of ether oxygens (including phenoxy) is 2. The first-order valence-corrected chi connectivity index (χ1v) is 6.51. The molecule has 0 atom stereocenters. The van der Waals surface area contributed by atoms with Crippen LogP contribution in [0.1, 0.15) is 15.9 Å². The van der Waals surface area contributed by atoms with Crippen molar-refractivity contribution in [3.05, 3.63) is 53.6 Å². The molecule has 1 aromatic carbocycles. The molecule has 0 aliphatic carbocycles. The lowest BCUT2D eigenvalue weighted by Crippen LogP contribution is -2.24. The first kappa shape index (κ1) is 13.4. The lowest BCUT2D eigenvalue weighted by Gasteiger charge is -2.19. The zero-order chi connectivity index (χ0) is 14.7. The van der Waals surface area contributed by atoms with Crippen molar-refractivity contribution in [2.75, 3.05) is 13.2 Å². The molecule has 1 aliphatic rings. The fourth-order valence-electron chi connectivity index (χ4n) is 2.03. The van der Waals surface area contributed by atoms with Crippen LogP contribution in [0.2, 0.25) is 0 Å². The monoisotopic (exact) mass is 288 g/mol. The third-order valence-corrected chi connectivity index (χ3v) is 3.06. The van der Waals surface area contributed by atoms with E-state index < -0.39 is 11.9 Å². The fourth-order valence-corrected chi connectivity index (χ4v) is 2.03. The molecular formula is C15H13FN2O3. The van der Waals surface area contributed by atoms with E-state index in [0.717, 1.165) is 5.56 Å². The summed E-state index contributed by atoms with van der Waals surface area (Å²) in [4.78, 5) is 15.3. The van der Waals surface area contributed by atoms with Crippen LogP contribution in [0.4, 0.5) is 4.39 Å². The Labute approximate surface area is 120 Å². The van der Waals surface area contributed by atoms with E-state index in [-0.39, 0.29) is 12.1 Å². The third kappa shape index (κ3) is 2.94. The first-order valence-electron chi connectivity index (χ1n) is 6.51. The van der Waals surface area contributed by atoms with E-state index in [1.54, 1.807) is 12.1 Å². The van der Waals surface area contributed by atoms with Crippen molar-refractivity contribution in [3.8, 4) is 11.5 Å². The maximum Gasteiger partial charge on any atom is 0.256 e. The molecule has 0 unspecified atom stereocenters. The average Bonchev–Trinajstić information content (AvgIpc) is 2.53. The summed E-state index contributed by atoms with van der Waals surface area (Å²) < 4.78 is 24.3. The van der Waals surface area contributed by atoms with Crippen molar-refractivity contribution in [1.29, 1.82) is 0 Å². The SMILES string of the molecule is O=C(NCc1ccc2c(c1)OCCO2)c1cccnc1F. The summed E-state index contributed by atoms with van der Waals surface area (Å²) in [5.41, 5.74) is 0.770. The lowest BCUT2D eigenvalue weighted by atomic mass is 10.2. The number of fused-ring (bicyclic) bond motifs is 1. The Hall–Kier alpha value is -2.63. The topological polar surface area (TPSA) is 60.5 Å². The minimum atomic E-state index is -0.780. The Bertz CT molecular complexity index is 676. The molecular weight excluding hydrogens is 275 g/mol. The number of aromatic nitrogens is 1. The highest BCUT2D eigenvalue weighted by molar-refractivity contribution is 5.94. The largest absolute Gasteiger partial charge is 0.486 e. The van der Waals surface area contributed by atoms with Crippen molar-refractivity contribution in [3.63, 3.8) is 0 Å². The maximum atomic E-state index is 13.4. The van der Waals surface area contributed by atoms with E-state index >= 15 is 0 Å². The molecule has 6 heteroatoms. The van der Waals surface area contributed by atoms with Gasteiger partial charge in [-0.3, -0.25) is 4.79 Å². The van der Waals surface area contributed by atoms with Crippen LogP contribution in [-0.4, -0.2) is 24.1 Å². The Morgan fingerprint density at radius 1 is 1.24 bits per heavy atom. The predicted molar refractivity (Wildman–Crippen MR) is 72.8 cm³/mol. The molecule has 0 saturated heterocycles. The summed E-state index contributed by atoms with van der Waals surface area (Å²) in [6, 6.07) is 8.33. The van der Waals surface area contributed by atoms with Crippen LogP contribution in [0, 0.1) is 5.95 Å². The zero-order valence-electron chi connectivity index (χ0n) is 11.1. The molecule has 1 amide bonds. The van der Waals surface area contributed by atoms with Crippen LogP contribution >= 0.6 is 0 Å². The summed E-state index contributed by atoms with van der Waals surface area (Å²) in [6.07, 6.45) is 1.30. The van der Waals surface area contributed by atoms with Crippen LogP contribution in [0.25, 0.3) is 0 Å². The van der Waals surface area contributed by atoms with Crippen molar-refractivity contribution in [1.82, 2.24) is 10.3 Å². The van der Waals surface area contributed by atoms with Crippen LogP contribution in [0.5, 0.6) is 11.5 Å². The molecule has 1 aromatic heterocycles. The smallest absolute Gasteiger partial charge is 0.256 e. The van der Waals surface area contributed by atoms with Crippen LogP contribution in [0.3, 0.4) is 0 Å². The summed E-state index contributed by atoms with van der Waals surface area (Å²) >= 11 is 0. The molecule has 0 fully saturated rings. The Morgan fingerprint density at radius 3 is 2.86 bits per heavy atom. The number of halogens is 1. The second kappa shape index (κ2) is 5.78. The molecule has 2 aromatic rings. The second-order valence-electron chi connectivity index (χ2n) is 4.50. The van der Waals surface area contributed by atoms with Gasteiger partial charge in [0.25, 0.3) is 5.91 Å². The summed E-state index contributed by atoms with van der Waals surface area (Å²) in [6.45, 7) is 1.30. The maximum absolute atomic E-state index is 13.4. The predicted octanol–water partition coefficient (Wildman–Crippen LogP) is 1.92. The van der Waals surface area contributed by atoms with Crippen molar-refractivity contribution < 1.29 is 18.7 Å². The van der Waals surface area contributed by atoms with E-state index in [1.807, 2.05) is 6.07 Å². The Kier molecular flexibility index (Phi) is 3.68. The van der Waals surface area contributed by atoms with Gasteiger partial charge in [0.1, 0.15) is 13.2 Å². The van der Waals surface area contributed by atoms with Gasteiger partial charge in [-0.15, -0.1) is 0 Å². The van der Waals surface area contributed by atoms with Gasteiger partial charge < -0.3 is 14.8 Å². The average molecular weight is 288 g/mol. The number of amides is 1. The quantitative estimate of drug-likeness (QED) is 0.877. The van der Waals surface area contributed by atoms with Crippen LogP contribution in [0.15, 0.2) is 36.5 Å². The van der Waals surface area contributed by atoms with Gasteiger partial charge in [-0.25, -0.2) is 4.98 Å². The molecule has 0 spiro atoms. The molecule has 3 rings (SSSR count). The van der Waals surface area contributed by atoms with Gasteiger partial charge in [-0.2, -0.15) is 4.39 Å². The lowest BCUT2D eigenvalue weighted by molar-refractivity contribution is 0.0946. The van der Waals surface area contributed by atoms with E-state index in [9.17, 15) is 9.18 Å². The van der Waals surface area contributed by atoms with Gasteiger partial charge in [-0.1, -0.05) is 6.07 Å². The second-order valence-corrected chi connectivity index (χ2v) is 4.50. The van der Waals surface area contributed by atoms with Gasteiger partial charge >= 0.3 is 0 Å². The van der Waals surface area contributed by atoms with Gasteiger partial charge in [0, 0.05) is 12.7 Å². The Morgan fingerprint density at radius 2 is 2.05 bits per heavy atom. The summed E-state index contributed by atoms with van der Waals surface area (Å²) in [5.74, 6) is 0.0582. The standard InChI is InChI=1S/C15H13FN2O3/c16-14-11(2-1-5-17-14)15(19)18-9-10-3-4-12-13(8-10)21-7-6-20-12/h1-5,8H,6-7,9H2,(H,18,19). The number of hydrogen-bond donors (Lipinski definition) is 1. The minimum absolute atomic E-state index is 0.0740. The number of carbonyl (C=O) groups excluding carboxylic acids is 1. The normalized spacial score (nSPS) is 12.8. The summed E-state index contributed by atoms with van der Waals surface area (Å²) in [5, 5.41) is 2.65. The van der Waals surface area contributed by atoms with Crippen LogP contribution in [-0.2, 0) is 6.54 Å². The third-order valence-electron chi connectivity index (χ3n) is 3.06. The van der Waals surface area contributed by atoms with Gasteiger partial charge in [0.05, 0.1) is 5.56 Å². The van der Waals surface area contributed by atoms with E-state index in [4.69, 9.17) is 9.47 Å². The highest BCUT2D eigenvalue weighted by Crippen LogP contribution is 2.30. The number of carbonyl (C=O) groups is 1. The van der Waals surface area contributed by atoms with E-state index in [2.05, 4.69) is 10.3 Å². The van der Waals surface area contributed by atoms with Gasteiger partial charge in [-0.05, 0) is 29.8 Å².